The van der Waals surface area contributed by atoms with Crippen molar-refractivity contribution < 1.29 is 23.9 Å². The van der Waals surface area contributed by atoms with Gasteiger partial charge < -0.3 is 0 Å². The third-order valence-electron chi connectivity index (χ3n) is 4.58. The van der Waals surface area contributed by atoms with Crippen molar-refractivity contribution >= 4 is 14.0 Å². The number of hydrogen-bond acceptors (Lipinski definition) is 0. The van der Waals surface area contributed by atoms with E-state index in [4.69, 9.17) is 0 Å². The summed E-state index contributed by atoms with van der Waals surface area (Å²) in [6.45, 7) is 8.76. The molecular formula is C27H30Hf. The van der Waals surface area contributed by atoms with E-state index in [1.54, 1.807) is 3.26 Å². The van der Waals surface area contributed by atoms with E-state index in [9.17, 15) is 0 Å². The largest absolute Gasteiger partial charge is 0.214 e. The van der Waals surface area contributed by atoms with Gasteiger partial charge >= 0.3 is 53.8 Å². The molecule has 4 rings (SSSR count). The van der Waals surface area contributed by atoms with Crippen LogP contribution in [0, 0.1) is 13.8 Å². The molecule has 0 aromatic heterocycles. The van der Waals surface area contributed by atoms with Gasteiger partial charge in [0.2, 0.25) is 0 Å². The number of aryl methyl sites for hydroxylation is 2. The van der Waals surface area contributed by atoms with Gasteiger partial charge in [0, 0.05) is 0 Å². The quantitative estimate of drug-likeness (QED) is 0.187. The van der Waals surface area contributed by atoms with E-state index in [2.05, 4.69) is 82.3 Å². The third kappa shape index (κ3) is 7.28. The van der Waals surface area contributed by atoms with Crippen LogP contribution in [0.4, 0.5) is 0 Å². The summed E-state index contributed by atoms with van der Waals surface area (Å²) in [4.78, 5) is 0. The van der Waals surface area contributed by atoms with E-state index in [1.807, 2.05) is 30.3 Å². The summed E-state index contributed by atoms with van der Waals surface area (Å²) in [5.41, 5.74) is 5.28. The zero-order valence-electron chi connectivity index (χ0n) is 17.5. The maximum Gasteiger partial charge on any atom is -0.0404 e. The molecule has 0 radical (unpaired) electrons. The van der Waals surface area contributed by atoms with Gasteiger partial charge in [-0.25, -0.2) is 12.1 Å². The van der Waals surface area contributed by atoms with E-state index < -0.39 is 0 Å². The van der Waals surface area contributed by atoms with Crippen LogP contribution < -0.4 is 0 Å². The molecule has 0 saturated carbocycles. The van der Waals surface area contributed by atoms with Crippen molar-refractivity contribution in [3.63, 3.8) is 0 Å². The molecule has 0 amide bonds. The van der Waals surface area contributed by atoms with Crippen LogP contribution in [0.1, 0.15) is 37.8 Å². The molecule has 0 N–H and O–H groups in total. The average molecular weight is 533 g/mol. The predicted molar refractivity (Wildman–Crippen MR) is 122 cm³/mol. The third-order valence-corrected chi connectivity index (χ3v) is 7.12. The van der Waals surface area contributed by atoms with Gasteiger partial charge in [-0.2, -0.15) is 18.2 Å². The first-order chi connectivity index (χ1) is 13.5. The van der Waals surface area contributed by atoms with Crippen LogP contribution in [-0.2, 0) is 23.9 Å². The summed E-state index contributed by atoms with van der Waals surface area (Å²) in [7, 11) is 0. The molecule has 0 nitrogen and oxygen atoms in total. The second-order valence-electron chi connectivity index (χ2n) is 7.02. The maximum absolute atomic E-state index is 2.27. The SMILES string of the molecule is CC[C](=[Hf+2])CC.Cc1cc(C)cc(-c2cc3ccccc3[cH-]2)c1.c1cc[cH-]c1. The fraction of sp³-hybridized carbons (Fsp3) is 0.222. The van der Waals surface area contributed by atoms with Gasteiger partial charge in [-0.1, -0.05) is 53.1 Å². The van der Waals surface area contributed by atoms with Gasteiger partial charge in [0.1, 0.15) is 0 Å². The molecule has 0 aliphatic heterocycles. The summed E-state index contributed by atoms with van der Waals surface area (Å²) >= 11 is 1.31. The van der Waals surface area contributed by atoms with Crippen LogP contribution in [0.3, 0.4) is 0 Å². The topological polar surface area (TPSA) is 0 Å². The molecular weight excluding hydrogens is 503 g/mol. The van der Waals surface area contributed by atoms with Crippen LogP contribution in [0.15, 0.2) is 84.9 Å². The van der Waals surface area contributed by atoms with Crippen molar-refractivity contribution in [2.75, 3.05) is 0 Å². The Morgan fingerprint density at radius 1 is 0.821 bits per heavy atom. The number of fused-ring (bicyclic) bond motifs is 1. The molecule has 0 aliphatic rings. The van der Waals surface area contributed by atoms with Crippen molar-refractivity contribution in [2.45, 2.75) is 40.5 Å². The molecule has 4 aromatic carbocycles. The van der Waals surface area contributed by atoms with Gasteiger partial charge in [0.15, 0.2) is 0 Å². The Balaban J connectivity index is 0.000000210. The van der Waals surface area contributed by atoms with Crippen molar-refractivity contribution in [1.82, 2.24) is 0 Å². The van der Waals surface area contributed by atoms with Crippen LogP contribution in [-0.4, -0.2) is 3.26 Å². The van der Waals surface area contributed by atoms with Crippen LogP contribution >= 0.6 is 0 Å². The second kappa shape index (κ2) is 11.9. The molecule has 0 fully saturated rings. The van der Waals surface area contributed by atoms with E-state index >= 15 is 0 Å². The Morgan fingerprint density at radius 3 is 1.89 bits per heavy atom. The molecule has 28 heavy (non-hydrogen) atoms. The van der Waals surface area contributed by atoms with Crippen molar-refractivity contribution in [1.29, 1.82) is 0 Å². The normalized spacial score (nSPS) is 9.93. The fourth-order valence-corrected chi connectivity index (χ4v) is 3.03. The number of hydrogen-bond donors (Lipinski definition) is 0. The summed E-state index contributed by atoms with van der Waals surface area (Å²) < 4.78 is 1.73. The van der Waals surface area contributed by atoms with E-state index in [0.717, 1.165) is 0 Å². The van der Waals surface area contributed by atoms with E-state index in [1.165, 1.54) is 69.8 Å². The summed E-state index contributed by atoms with van der Waals surface area (Å²) in [5.74, 6) is 0. The first-order valence-electron chi connectivity index (χ1n) is 10.0. The van der Waals surface area contributed by atoms with Gasteiger partial charge in [-0.3, -0.25) is 0 Å². The predicted octanol–water partition coefficient (Wildman–Crippen LogP) is 7.77. The minimum absolute atomic E-state index is 1.31. The maximum atomic E-state index is 2.27. The minimum atomic E-state index is 1.31. The molecule has 1 heteroatoms. The molecule has 0 aliphatic carbocycles. The average Bonchev–Trinajstić information content (AvgIpc) is 3.39. The summed E-state index contributed by atoms with van der Waals surface area (Å²) in [5, 5.41) is 2.64. The minimum Gasteiger partial charge on any atom is -0.214 e. The second-order valence-corrected chi connectivity index (χ2v) is 9.56. The van der Waals surface area contributed by atoms with Crippen LogP contribution in [0.25, 0.3) is 21.9 Å². The Bertz CT molecular complexity index is 894. The monoisotopic (exact) mass is 534 g/mol. The first-order valence-corrected chi connectivity index (χ1v) is 11.8. The fourth-order valence-electron chi connectivity index (χ4n) is 3.03. The van der Waals surface area contributed by atoms with Crippen LogP contribution in [0.5, 0.6) is 0 Å². The van der Waals surface area contributed by atoms with Crippen molar-refractivity contribution in [3.8, 4) is 11.1 Å². The molecule has 0 saturated heterocycles. The smallest absolute Gasteiger partial charge is 0.0404 e. The molecule has 0 unspecified atom stereocenters. The molecule has 0 heterocycles. The molecule has 142 valence electrons. The number of benzene rings is 2. The molecule has 4 aromatic rings. The summed E-state index contributed by atoms with van der Waals surface area (Å²) in [6, 6.07) is 29.8. The number of rotatable bonds is 3. The molecule has 0 atom stereocenters. The molecule has 0 bridgehead atoms. The van der Waals surface area contributed by atoms with Gasteiger partial charge in [0.05, 0.1) is 0 Å². The van der Waals surface area contributed by atoms with Crippen molar-refractivity contribution in [2.24, 2.45) is 0 Å². The zero-order valence-corrected chi connectivity index (χ0v) is 21.1. The Hall–Kier alpha value is -1.86. The molecule has 0 spiro atoms. The van der Waals surface area contributed by atoms with Gasteiger partial charge in [-0.05, 0) is 13.8 Å². The van der Waals surface area contributed by atoms with Crippen molar-refractivity contribution in [3.05, 3.63) is 96.1 Å². The Labute approximate surface area is 185 Å². The standard InChI is InChI=1S/C17H15.C5H5.C5H10.Hf/c1-12-7-13(2)9-16(8-12)17-10-14-5-3-4-6-15(14)11-17;1-2-4-5-3-1;1-3-5-4-2;/h3-11H,1-2H3;1-5H;3-4H2,1-2H3;/q2*-1;;+2. The summed E-state index contributed by atoms with van der Waals surface area (Å²) in [6.07, 6.45) is 2.62. The zero-order chi connectivity index (χ0) is 20.4. The van der Waals surface area contributed by atoms with Crippen LogP contribution in [0.2, 0.25) is 0 Å². The van der Waals surface area contributed by atoms with E-state index in [0.29, 0.717) is 0 Å². The Morgan fingerprint density at radius 2 is 1.43 bits per heavy atom. The van der Waals surface area contributed by atoms with Gasteiger partial charge in [0.25, 0.3) is 0 Å². The van der Waals surface area contributed by atoms with E-state index in [-0.39, 0.29) is 0 Å². The first kappa shape index (κ1) is 22.4. The van der Waals surface area contributed by atoms with Gasteiger partial charge in [-0.15, -0.1) is 34.5 Å². The Kier molecular flexibility index (Phi) is 9.50.